The second-order valence-electron chi connectivity index (χ2n) is 1.27. The average Bonchev–Trinajstić information content (AvgIpc) is 1.65. The number of ether oxygens (including phenoxy) is 1. The minimum atomic E-state index is -0.347. The van der Waals surface area contributed by atoms with Crippen molar-refractivity contribution in [3.05, 3.63) is 12.2 Å². The van der Waals surface area contributed by atoms with E-state index in [0.29, 0.717) is 5.57 Å². The van der Waals surface area contributed by atoms with Gasteiger partial charge in [-0.15, -0.1) is 0 Å². The molecule has 0 amide bonds. The van der Waals surface area contributed by atoms with Crippen molar-refractivity contribution in [3.8, 4) is 0 Å². The Labute approximate surface area is 64.4 Å². The van der Waals surface area contributed by atoms with Crippen LogP contribution in [0.3, 0.4) is 0 Å². The summed E-state index contributed by atoms with van der Waals surface area (Å²) >= 11 is 0. The van der Waals surface area contributed by atoms with E-state index in [9.17, 15) is 4.79 Å². The first-order chi connectivity index (χ1) is 3.18. The monoisotopic (exact) mass is 207 g/mol. The fraction of sp³-hybridized carbons (Fsp3) is 0.400. The molecular weight excluding hydrogens is 200 g/mol. The Morgan fingerprint density at radius 3 is 2.00 bits per heavy atom. The Hall–Kier alpha value is -0.0497. The minimum absolute atomic E-state index is 0. The van der Waals surface area contributed by atoms with Crippen molar-refractivity contribution < 1.29 is 31.9 Å². The van der Waals surface area contributed by atoms with Gasteiger partial charge in [-0.05, 0) is 6.92 Å². The molecule has 51 valence electrons. The van der Waals surface area contributed by atoms with Crippen LogP contribution < -0.4 is 0 Å². The van der Waals surface area contributed by atoms with E-state index in [4.69, 9.17) is 0 Å². The third-order valence-corrected chi connectivity index (χ3v) is 0.534. The van der Waals surface area contributed by atoms with Crippen molar-refractivity contribution >= 4 is 5.97 Å². The molecule has 0 aliphatic carbocycles. The molecule has 0 saturated carbocycles. The molecule has 3 heteroatoms. The normalized spacial score (nSPS) is 6.75. The van der Waals surface area contributed by atoms with Crippen LogP contribution in [0.4, 0.5) is 0 Å². The van der Waals surface area contributed by atoms with Crippen molar-refractivity contribution in [3.63, 3.8) is 0 Å². The van der Waals surface area contributed by atoms with Crippen LogP contribution in [0.2, 0.25) is 0 Å². The maximum absolute atomic E-state index is 10.2. The Morgan fingerprint density at radius 2 is 2.00 bits per heavy atom. The standard InChI is InChI=1S/C5H8O2.Ag/c1-4(2)5(6)7-3;/h1H2,2-3H3;. The van der Waals surface area contributed by atoms with E-state index in [1.54, 1.807) is 6.92 Å². The van der Waals surface area contributed by atoms with Crippen LogP contribution >= 0.6 is 0 Å². The summed E-state index contributed by atoms with van der Waals surface area (Å²) in [5.74, 6) is -0.347. The second kappa shape index (κ2) is 5.09. The molecule has 0 aromatic rings. The molecule has 0 aliphatic rings. The fourth-order valence-electron chi connectivity index (χ4n) is 0.174. The van der Waals surface area contributed by atoms with Crippen molar-refractivity contribution in [2.24, 2.45) is 0 Å². The molecule has 0 fully saturated rings. The van der Waals surface area contributed by atoms with Gasteiger partial charge in [-0.1, -0.05) is 6.58 Å². The van der Waals surface area contributed by atoms with Crippen LogP contribution in [-0.2, 0) is 31.9 Å². The molecule has 0 spiro atoms. The average molecular weight is 208 g/mol. The molecule has 0 atom stereocenters. The van der Waals surface area contributed by atoms with Crippen molar-refractivity contribution in [1.29, 1.82) is 0 Å². The van der Waals surface area contributed by atoms with Crippen molar-refractivity contribution in [1.82, 2.24) is 0 Å². The largest absolute Gasteiger partial charge is 0.466 e. The first-order valence-corrected chi connectivity index (χ1v) is 1.92. The number of hydrogen-bond donors (Lipinski definition) is 0. The van der Waals surface area contributed by atoms with E-state index >= 15 is 0 Å². The van der Waals surface area contributed by atoms with E-state index in [0.717, 1.165) is 0 Å². The summed E-state index contributed by atoms with van der Waals surface area (Å²) in [6.07, 6.45) is 0. The zero-order chi connectivity index (χ0) is 5.86. The van der Waals surface area contributed by atoms with Crippen molar-refractivity contribution in [2.75, 3.05) is 7.11 Å². The topological polar surface area (TPSA) is 26.3 Å². The predicted molar refractivity (Wildman–Crippen MR) is 26.8 cm³/mol. The maximum Gasteiger partial charge on any atom is 0.332 e. The molecule has 0 rings (SSSR count). The van der Waals surface area contributed by atoms with Gasteiger partial charge < -0.3 is 4.74 Å². The molecule has 0 N–H and O–H groups in total. The van der Waals surface area contributed by atoms with Gasteiger partial charge in [0.05, 0.1) is 7.11 Å². The Morgan fingerprint density at radius 1 is 1.62 bits per heavy atom. The summed E-state index contributed by atoms with van der Waals surface area (Å²) in [5.41, 5.74) is 0.433. The summed E-state index contributed by atoms with van der Waals surface area (Å²) < 4.78 is 4.27. The smallest absolute Gasteiger partial charge is 0.332 e. The van der Waals surface area contributed by atoms with Crippen LogP contribution in [0, 0.1) is 0 Å². The molecular formula is C5H8AgO2. The van der Waals surface area contributed by atoms with Gasteiger partial charge in [-0.2, -0.15) is 0 Å². The van der Waals surface area contributed by atoms with Gasteiger partial charge >= 0.3 is 5.97 Å². The van der Waals surface area contributed by atoms with E-state index in [2.05, 4.69) is 11.3 Å². The van der Waals surface area contributed by atoms with E-state index < -0.39 is 0 Å². The Kier molecular flexibility index (Phi) is 6.91. The summed E-state index contributed by atoms with van der Waals surface area (Å²) in [6.45, 7) is 4.95. The SMILES string of the molecule is C=C(C)C(=O)OC.[Ag]. The van der Waals surface area contributed by atoms with Gasteiger partial charge in [0.25, 0.3) is 0 Å². The summed E-state index contributed by atoms with van der Waals surface area (Å²) in [6, 6.07) is 0. The minimum Gasteiger partial charge on any atom is -0.466 e. The first kappa shape index (κ1) is 10.8. The number of carbonyl (C=O) groups is 1. The third-order valence-electron chi connectivity index (χ3n) is 0.534. The molecule has 0 heterocycles. The predicted octanol–water partition coefficient (Wildman–Crippen LogP) is 0.733. The third kappa shape index (κ3) is 4.12. The molecule has 0 bridgehead atoms. The molecule has 0 aromatic heterocycles. The van der Waals surface area contributed by atoms with Crippen LogP contribution in [0.5, 0.6) is 0 Å². The van der Waals surface area contributed by atoms with Crippen molar-refractivity contribution in [2.45, 2.75) is 6.92 Å². The quantitative estimate of drug-likeness (QED) is 0.360. The zero-order valence-corrected chi connectivity index (χ0v) is 6.31. The van der Waals surface area contributed by atoms with Gasteiger partial charge in [-0.25, -0.2) is 4.79 Å². The zero-order valence-electron chi connectivity index (χ0n) is 4.83. The van der Waals surface area contributed by atoms with Gasteiger partial charge in [0.2, 0.25) is 0 Å². The summed E-state index contributed by atoms with van der Waals surface area (Å²) in [4.78, 5) is 10.2. The number of hydrogen-bond acceptors (Lipinski definition) is 2. The van der Waals surface area contributed by atoms with Crippen LogP contribution in [0.25, 0.3) is 0 Å². The number of methoxy groups -OCH3 is 1. The molecule has 1 radical (unpaired) electrons. The molecule has 0 unspecified atom stereocenters. The number of rotatable bonds is 1. The number of carbonyl (C=O) groups excluding carboxylic acids is 1. The molecule has 2 nitrogen and oxygen atoms in total. The van der Waals surface area contributed by atoms with Gasteiger partial charge in [0.15, 0.2) is 0 Å². The van der Waals surface area contributed by atoms with E-state index in [1.165, 1.54) is 7.11 Å². The first-order valence-electron chi connectivity index (χ1n) is 1.92. The van der Waals surface area contributed by atoms with E-state index in [-0.39, 0.29) is 28.3 Å². The summed E-state index contributed by atoms with van der Waals surface area (Å²) in [5, 5.41) is 0. The van der Waals surface area contributed by atoms with E-state index in [1.807, 2.05) is 0 Å². The van der Waals surface area contributed by atoms with Gasteiger partial charge in [0.1, 0.15) is 0 Å². The number of esters is 1. The molecule has 0 saturated heterocycles. The maximum atomic E-state index is 10.2. The van der Waals surface area contributed by atoms with Crippen LogP contribution in [0.15, 0.2) is 12.2 Å². The summed E-state index contributed by atoms with van der Waals surface area (Å²) in [7, 11) is 1.33. The fourth-order valence-corrected chi connectivity index (χ4v) is 0.174. The Balaban J connectivity index is 0. The molecule has 0 aliphatic heterocycles. The Bertz CT molecular complexity index is 98.6. The van der Waals surface area contributed by atoms with Crippen LogP contribution in [-0.4, -0.2) is 13.1 Å². The second-order valence-corrected chi connectivity index (χ2v) is 1.27. The molecule has 8 heavy (non-hydrogen) atoms. The molecule has 0 aromatic carbocycles. The van der Waals surface area contributed by atoms with Crippen LogP contribution in [0.1, 0.15) is 6.92 Å². The van der Waals surface area contributed by atoms with Gasteiger partial charge in [-0.3, -0.25) is 0 Å². The van der Waals surface area contributed by atoms with Gasteiger partial charge in [0, 0.05) is 28.0 Å².